The minimum Gasteiger partial charge on any atom is -0.326 e. The third-order valence-corrected chi connectivity index (χ3v) is 6.65. The SMILES string of the molecule is CC[NH+]1CC[NH+]([C@H](CNS(=O)(=O)c2ccccc2)c2cccnc2)CC1. The van der Waals surface area contributed by atoms with Crippen molar-refractivity contribution in [2.45, 2.75) is 17.9 Å². The smallest absolute Gasteiger partial charge is 0.240 e. The number of pyridine rings is 1. The summed E-state index contributed by atoms with van der Waals surface area (Å²) >= 11 is 0. The number of sulfonamides is 1. The highest BCUT2D eigenvalue weighted by atomic mass is 32.2. The van der Waals surface area contributed by atoms with Crippen LogP contribution in [0.4, 0.5) is 0 Å². The van der Waals surface area contributed by atoms with Crippen LogP contribution in [0.3, 0.4) is 0 Å². The van der Waals surface area contributed by atoms with E-state index in [1.54, 1.807) is 35.4 Å². The molecule has 6 nitrogen and oxygen atoms in total. The van der Waals surface area contributed by atoms with Crippen molar-refractivity contribution >= 4 is 10.0 Å². The first kappa shape index (κ1) is 19.0. The molecule has 1 fully saturated rings. The van der Waals surface area contributed by atoms with Crippen LogP contribution in [-0.2, 0) is 10.0 Å². The molecule has 0 bridgehead atoms. The number of nitrogens with one attached hydrogen (secondary N) is 3. The van der Waals surface area contributed by atoms with Gasteiger partial charge in [-0.1, -0.05) is 18.2 Å². The molecule has 1 aromatic heterocycles. The molecule has 26 heavy (non-hydrogen) atoms. The second-order valence-electron chi connectivity index (χ2n) is 6.77. The fourth-order valence-corrected chi connectivity index (χ4v) is 4.65. The monoisotopic (exact) mass is 376 g/mol. The Bertz CT molecular complexity index is 776. The van der Waals surface area contributed by atoms with Gasteiger partial charge in [-0.05, 0) is 31.2 Å². The van der Waals surface area contributed by atoms with Gasteiger partial charge in [0.15, 0.2) is 0 Å². The zero-order valence-electron chi connectivity index (χ0n) is 15.2. The molecule has 3 rings (SSSR count). The Hall–Kier alpha value is -1.80. The molecule has 0 unspecified atom stereocenters. The largest absolute Gasteiger partial charge is 0.326 e. The van der Waals surface area contributed by atoms with Crippen molar-refractivity contribution in [3.63, 3.8) is 0 Å². The fourth-order valence-electron chi connectivity index (χ4n) is 3.58. The molecular weight excluding hydrogens is 348 g/mol. The van der Waals surface area contributed by atoms with E-state index in [1.165, 1.54) is 4.90 Å². The Morgan fingerprint density at radius 2 is 1.81 bits per heavy atom. The molecule has 1 atom stereocenters. The van der Waals surface area contributed by atoms with Crippen LogP contribution in [0.15, 0.2) is 59.8 Å². The molecule has 0 radical (unpaired) electrons. The number of likely N-dealkylation sites (N-methyl/N-ethyl adjacent to an activating group) is 1. The number of benzene rings is 1. The standard InChI is InChI=1S/C19H26N4O2S/c1-2-22-11-13-23(14-12-22)19(17-7-6-10-20-15-17)16-21-26(24,25)18-8-4-3-5-9-18/h3-10,15,19,21H,2,11-14,16H2,1H3/p+2/t19-/m1/s1. The second-order valence-corrected chi connectivity index (χ2v) is 8.53. The molecule has 3 N–H and O–H groups in total. The summed E-state index contributed by atoms with van der Waals surface area (Å²) in [5.74, 6) is 0. The number of quaternary nitrogens is 2. The van der Waals surface area contributed by atoms with Gasteiger partial charge in [0.1, 0.15) is 32.2 Å². The lowest BCUT2D eigenvalue weighted by atomic mass is 10.1. The summed E-state index contributed by atoms with van der Waals surface area (Å²) in [6.07, 6.45) is 3.61. The lowest BCUT2D eigenvalue weighted by Gasteiger charge is -2.34. The molecule has 1 saturated heterocycles. The Labute approximate surface area is 155 Å². The number of hydrogen-bond acceptors (Lipinski definition) is 3. The summed E-state index contributed by atoms with van der Waals surface area (Å²) in [5, 5.41) is 0. The van der Waals surface area contributed by atoms with E-state index in [0.717, 1.165) is 38.3 Å². The highest BCUT2D eigenvalue weighted by Gasteiger charge is 2.31. The van der Waals surface area contributed by atoms with Gasteiger partial charge in [-0.25, -0.2) is 13.1 Å². The highest BCUT2D eigenvalue weighted by molar-refractivity contribution is 7.89. The summed E-state index contributed by atoms with van der Waals surface area (Å²) in [5.41, 5.74) is 1.08. The summed E-state index contributed by atoms with van der Waals surface area (Å²) < 4.78 is 28.0. The predicted octanol–water partition coefficient (Wildman–Crippen LogP) is -1.10. The molecule has 0 spiro atoms. The molecule has 1 aromatic carbocycles. The van der Waals surface area contributed by atoms with Crippen molar-refractivity contribution in [2.24, 2.45) is 0 Å². The molecule has 2 aromatic rings. The number of piperazine rings is 1. The Kier molecular flexibility index (Phi) is 6.37. The van der Waals surface area contributed by atoms with Crippen LogP contribution in [0.25, 0.3) is 0 Å². The van der Waals surface area contributed by atoms with Crippen LogP contribution >= 0.6 is 0 Å². The van der Waals surface area contributed by atoms with Gasteiger partial charge in [0, 0.05) is 18.0 Å². The van der Waals surface area contributed by atoms with Crippen molar-refractivity contribution < 1.29 is 18.2 Å². The van der Waals surface area contributed by atoms with Gasteiger partial charge < -0.3 is 9.80 Å². The normalized spacial score (nSPS) is 22.0. The summed E-state index contributed by atoms with van der Waals surface area (Å²) in [6, 6.07) is 12.6. The van der Waals surface area contributed by atoms with Crippen molar-refractivity contribution in [1.82, 2.24) is 9.71 Å². The quantitative estimate of drug-likeness (QED) is 0.575. The van der Waals surface area contributed by atoms with Crippen molar-refractivity contribution in [3.8, 4) is 0 Å². The first-order chi connectivity index (χ1) is 12.6. The van der Waals surface area contributed by atoms with E-state index in [2.05, 4.69) is 16.6 Å². The average molecular weight is 377 g/mol. The van der Waals surface area contributed by atoms with Crippen molar-refractivity contribution in [3.05, 3.63) is 60.4 Å². The van der Waals surface area contributed by atoms with E-state index >= 15 is 0 Å². The Balaban J connectivity index is 1.74. The zero-order valence-corrected chi connectivity index (χ0v) is 16.0. The zero-order chi connectivity index (χ0) is 18.4. The Morgan fingerprint density at radius 3 is 2.42 bits per heavy atom. The lowest BCUT2D eigenvalue weighted by molar-refractivity contribution is -1.03. The minimum atomic E-state index is -3.51. The fraction of sp³-hybridized carbons (Fsp3) is 0.421. The van der Waals surface area contributed by atoms with E-state index in [-0.39, 0.29) is 6.04 Å². The van der Waals surface area contributed by atoms with Gasteiger partial charge in [-0.15, -0.1) is 0 Å². The van der Waals surface area contributed by atoms with Gasteiger partial charge in [0.2, 0.25) is 10.0 Å². The maximum atomic E-state index is 12.6. The van der Waals surface area contributed by atoms with Gasteiger partial charge in [0.05, 0.1) is 18.0 Å². The number of nitrogens with zero attached hydrogens (tertiary/aromatic N) is 1. The molecule has 0 saturated carbocycles. The number of hydrogen-bond donors (Lipinski definition) is 3. The summed E-state index contributed by atoms with van der Waals surface area (Å²) in [7, 11) is -3.51. The topological polar surface area (TPSA) is 67.9 Å². The molecule has 1 aliphatic heterocycles. The third-order valence-electron chi connectivity index (χ3n) is 5.21. The number of aromatic nitrogens is 1. The molecule has 7 heteroatoms. The lowest BCUT2D eigenvalue weighted by Crippen LogP contribution is -3.28. The van der Waals surface area contributed by atoms with Crippen LogP contribution in [0.1, 0.15) is 18.5 Å². The van der Waals surface area contributed by atoms with Gasteiger partial charge in [-0.3, -0.25) is 4.98 Å². The second kappa shape index (κ2) is 8.73. The van der Waals surface area contributed by atoms with Gasteiger partial charge >= 0.3 is 0 Å². The van der Waals surface area contributed by atoms with Crippen molar-refractivity contribution in [1.29, 1.82) is 0 Å². The average Bonchev–Trinajstić information content (AvgIpc) is 2.70. The molecule has 0 amide bonds. The molecule has 140 valence electrons. The summed E-state index contributed by atoms with van der Waals surface area (Å²) in [6.45, 7) is 8.05. The maximum absolute atomic E-state index is 12.6. The van der Waals surface area contributed by atoms with E-state index in [0.29, 0.717) is 11.4 Å². The third kappa shape index (κ3) is 4.67. The predicted molar refractivity (Wildman–Crippen MR) is 101 cm³/mol. The van der Waals surface area contributed by atoms with Gasteiger partial charge in [-0.2, -0.15) is 0 Å². The van der Waals surface area contributed by atoms with Crippen LogP contribution < -0.4 is 14.5 Å². The van der Waals surface area contributed by atoms with Crippen LogP contribution in [-0.4, -0.2) is 52.7 Å². The van der Waals surface area contributed by atoms with Crippen molar-refractivity contribution in [2.75, 3.05) is 39.3 Å². The van der Waals surface area contributed by atoms with E-state index in [9.17, 15) is 8.42 Å². The van der Waals surface area contributed by atoms with Crippen LogP contribution in [0, 0.1) is 0 Å². The minimum absolute atomic E-state index is 0.0700. The maximum Gasteiger partial charge on any atom is 0.240 e. The van der Waals surface area contributed by atoms with E-state index < -0.39 is 10.0 Å². The molecular formula is C19H28N4O2S+2. The van der Waals surface area contributed by atoms with E-state index in [1.807, 2.05) is 24.4 Å². The number of rotatable bonds is 7. The van der Waals surface area contributed by atoms with Crippen LogP contribution in [0.2, 0.25) is 0 Å². The first-order valence-electron chi connectivity index (χ1n) is 9.23. The first-order valence-corrected chi connectivity index (χ1v) is 10.7. The molecule has 0 aliphatic carbocycles. The highest BCUT2D eigenvalue weighted by Crippen LogP contribution is 2.11. The Morgan fingerprint density at radius 1 is 1.08 bits per heavy atom. The molecule has 2 heterocycles. The molecule has 1 aliphatic rings. The van der Waals surface area contributed by atoms with Gasteiger partial charge in [0.25, 0.3) is 0 Å². The van der Waals surface area contributed by atoms with Crippen LogP contribution in [0.5, 0.6) is 0 Å². The summed E-state index contributed by atoms with van der Waals surface area (Å²) in [4.78, 5) is 7.58. The van der Waals surface area contributed by atoms with E-state index in [4.69, 9.17) is 0 Å².